The summed E-state index contributed by atoms with van der Waals surface area (Å²) >= 11 is 3.13. The predicted molar refractivity (Wildman–Crippen MR) is 93.5 cm³/mol. The van der Waals surface area contributed by atoms with E-state index in [-0.39, 0.29) is 11.9 Å². The lowest BCUT2D eigenvalue weighted by Gasteiger charge is -2.22. The van der Waals surface area contributed by atoms with Crippen molar-refractivity contribution >= 4 is 38.8 Å². The zero-order valence-electron chi connectivity index (χ0n) is 12.4. The molecule has 2 heterocycles. The minimum atomic E-state index is 0.00955. The lowest BCUT2D eigenvalue weighted by molar-refractivity contribution is 0.0753. The third-order valence-electron chi connectivity index (χ3n) is 3.64. The Labute approximate surface area is 137 Å². The lowest BCUT2D eigenvalue weighted by atomic mass is 10.3. The number of nitrogens with zero attached hydrogens (tertiary/aromatic N) is 2. The van der Waals surface area contributed by atoms with Gasteiger partial charge in [0, 0.05) is 19.6 Å². The van der Waals surface area contributed by atoms with Gasteiger partial charge in [-0.1, -0.05) is 12.1 Å². The number of hydrogen-bond acceptors (Lipinski definition) is 5. The third kappa shape index (κ3) is 2.77. The van der Waals surface area contributed by atoms with Crippen molar-refractivity contribution in [1.29, 1.82) is 0 Å². The Morgan fingerprint density at radius 1 is 1.27 bits per heavy atom. The smallest absolute Gasteiger partial charge is 0.263 e. The van der Waals surface area contributed by atoms with Gasteiger partial charge in [0.15, 0.2) is 0 Å². The van der Waals surface area contributed by atoms with Crippen molar-refractivity contribution in [3.05, 3.63) is 41.3 Å². The highest BCUT2D eigenvalue weighted by Gasteiger charge is 2.19. The third-order valence-corrected chi connectivity index (χ3v) is 5.92. The predicted octanol–water partition coefficient (Wildman–Crippen LogP) is 3.44. The number of para-hydroxylation sites is 1. The Bertz CT molecular complexity index is 775. The Morgan fingerprint density at radius 3 is 2.77 bits per heavy atom. The lowest BCUT2D eigenvalue weighted by Crippen LogP contribution is -2.39. The van der Waals surface area contributed by atoms with Crippen molar-refractivity contribution in [3.8, 4) is 9.88 Å². The highest BCUT2D eigenvalue weighted by molar-refractivity contribution is 7.26. The van der Waals surface area contributed by atoms with Crippen LogP contribution in [0.15, 0.2) is 36.4 Å². The van der Waals surface area contributed by atoms with Crippen molar-refractivity contribution in [2.45, 2.75) is 13.0 Å². The molecule has 1 atom stereocenters. The van der Waals surface area contributed by atoms with Gasteiger partial charge >= 0.3 is 0 Å². The number of carbonyl (C=O) groups is 1. The number of benzene rings is 1. The molecule has 0 saturated carbocycles. The Balaban J connectivity index is 1.88. The fourth-order valence-electron chi connectivity index (χ4n) is 2.08. The first-order valence-corrected chi connectivity index (χ1v) is 8.66. The van der Waals surface area contributed by atoms with Crippen LogP contribution in [0.25, 0.3) is 20.1 Å². The first-order valence-electron chi connectivity index (χ1n) is 7.03. The summed E-state index contributed by atoms with van der Waals surface area (Å²) in [6.07, 6.45) is 0. The normalized spacial score (nSPS) is 12.5. The summed E-state index contributed by atoms with van der Waals surface area (Å²) in [5.74, 6) is 0.00955. The number of nitrogens with two attached hydrogens (primary N) is 1. The van der Waals surface area contributed by atoms with E-state index in [4.69, 9.17) is 5.73 Å². The molecule has 3 rings (SSSR count). The molecular formula is C16H17N3OS2. The molecule has 4 nitrogen and oxygen atoms in total. The van der Waals surface area contributed by atoms with Gasteiger partial charge in [-0.05, 0) is 31.2 Å². The van der Waals surface area contributed by atoms with Crippen LogP contribution in [-0.4, -0.2) is 35.4 Å². The summed E-state index contributed by atoms with van der Waals surface area (Å²) in [6, 6.07) is 11.9. The van der Waals surface area contributed by atoms with E-state index in [0.717, 1.165) is 25.0 Å². The molecular weight excluding hydrogens is 314 g/mol. The molecule has 2 N–H and O–H groups in total. The van der Waals surface area contributed by atoms with E-state index in [2.05, 4.69) is 11.1 Å². The van der Waals surface area contributed by atoms with Gasteiger partial charge in [-0.3, -0.25) is 4.79 Å². The quantitative estimate of drug-likeness (QED) is 0.796. The summed E-state index contributed by atoms with van der Waals surface area (Å²) in [7, 11) is 1.79. The summed E-state index contributed by atoms with van der Waals surface area (Å²) in [5, 5.41) is 0.958. The van der Waals surface area contributed by atoms with Gasteiger partial charge in [-0.25, -0.2) is 4.98 Å². The van der Waals surface area contributed by atoms with Crippen molar-refractivity contribution in [2.24, 2.45) is 5.73 Å². The van der Waals surface area contributed by atoms with E-state index in [1.165, 1.54) is 11.3 Å². The van der Waals surface area contributed by atoms with Crippen LogP contribution in [0.2, 0.25) is 0 Å². The topological polar surface area (TPSA) is 59.2 Å². The first-order chi connectivity index (χ1) is 10.6. The Kier molecular flexibility index (Phi) is 4.24. The molecule has 0 aliphatic carbocycles. The summed E-state index contributed by atoms with van der Waals surface area (Å²) in [6.45, 7) is 2.40. The van der Waals surface area contributed by atoms with Gasteiger partial charge in [0.2, 0.25) is 0 Å². The molecule has 0 bridgehead atoms. The molecule has 0 fully saturated rings. The molecule has 22 heavy (non-hydrogen) atoms. The van der Waals surface area contributed by atoms with Crippen LogP contribution in [0.5, 0.6) is 0 Å². The van der Waals surface area contributed by atoms with E-state index in [1.807, 2.05) is 37.3 Å². The molecule has 114 valence electrons. The largest absolute Gasteiger partial charge is 0.337 e. The van der Waals surface area contributed by atoms with Crippen molar-refractivity contribution in [3.63, 3.8) is 0 Å². The summed E-state index contributed by atoms with van der Waals surface area (Å²) in [4.78, 5) is 20.5. The molecule has 0 radical (unpaired) electrons. The molecule has 0 aliphatic rings. The van der Waals surface area contributed by atoms with E-state index in [1.54, 1.807) is 23.3 Å². The molecule has 1 aromatic carbocycles. The van der Waals surface area contributed by atoms with E-state index >= 15 is 0 Å². The number of likely N-dealkylation sites (N-methyl/N-ethyl adjacent to an activating group) is 1. The molecule has 2 aromatic heterocycles. The number of thiophene rings is 1. The minimum absolute atomic E-state index is 0.00955. The van der Waals surface area contributed by atoms with Crippen LogP contribution in [-0.2, 0) is 0 Å². The van der Waals surface area contributed by atoms with Crippen molar-refractivity contribution in [2.75, 3.05) is 13.6 Å². The van der Waals surface area contributed by atoms with Gasteiger partial charge in [-0.15, -0.1) is 22.7 Å². The molecule has 0 spiro atoms. The SMILES string of the molecule is CC(CN)N(C)C(=O)c1ccc(-c2nc3ccccc3s2)s1. The van der Waals surface area contributed by atoms with Crippen molar-refractivity contribution < 1.29 is 4.79 Å². The summed E-state index contributed by atoms with van der Waals surface area (Å²) < 4.78 is 1.16. The maximum Gasteiger partial charge on any atom is 0.263 e. The maximum atomic E-state index is 12.4. The zero-order chi connectivity index (χ0) is 15.7. The molecule has 3 aromatic rings. The molecule has 1 unspecified atom stereocenters. The van der Waals surface area contributed by atoms with E-state index < -0.39 is 0 Å². The minimum Gasteiger partial charge on any atom is -0.337 e. The van der Waals surface area contributed by atoms with Crippen molar-refractivity contribution in [1.82, 2.24) is 9.88 Å². The first kappa shape index (κ1) is 15.1. The number of amides is 1. The van der Waals surface area contributed by atoms with Crippen LogP contribution in [0.4, 0.5) is 0 Å². The van der Waals surface area contributed by atoms with Gasteiger partial charge in [0.05, 0.1) is 20.0 Å². The van der Waals surface area contributed by atoms with Gasteiger partial charge in [0.25, 0.3) is 5.91 Å². The zero-order valence-corrected chi connectivity index (χ0v) is 14.1. The van der Waals surface area contributed by atoms with Crippen LogP contribution in [0.1, 0.15) is 16.6 Å². The average Bonchev–Trinajstić information content (AvgIpc) is 3.18. The second-order valence-corrected chi connectivity index (χ2v) is 7.27. The number of hydrogen-bond donors (Lipinski definition) is 1. The van der Waals surface area contributed by atoms with Crippen LogP contribution >= 0.6 is 22.7 Å². The Hall–Kier alpha value is -1.76. The fourth-order valence-corrected chi connectivity index (χ4v) is 4.09. The average molecular weight is 331 g/mol. The van der Waals surface area contributed by atoms with Gasteiger partial charge in [0.1, 0.15) is 5.01 Å². The van der Waals surface area contributed by atoms with Crippen LogP contribution < -0.4 is 5.73 Å². The molecule has 6 heteroatoms. The standard InChI is InChI=1S/C16H17N3OS2/c1-10(9-17)19(2)16(20)14-8-7-13(21-14)15-18-11-5-3-4-6-12(11)22-15/h3-8,10H,9,17H2,1-2H3. The number of carbonyl (C=O) groups excluding carboxylic acids is 1. The second-order valence-electron chi connectivity index (χ2n) is 5.15. The molecule has 0 saturated heterocycles. The summed E-state index contributed by atoms with van der Waals surface area (Å²) in [5.41, 5.74) is 6.63. The monoisotopic (exact) mass is 331 g/mol. The number of fused-ring (bicyclic) bond motifs is 1. The van der Waals surface area contributed by atoms with E-state index in [9.17, 15) is 4.79 Å². The highest BCUT2D eigenvalue weighted by Crippen LogP contribution is 2.34. The number of aromatic nitrogens is 1. The van der Waals surface area contributed by atoms with Crippen LogP contribution in [0, 0.1) is 0 Å². The molecule has 0 aliphatic heterocycles. The van der Waals surface area contributed by atoms with Crippen LogP contribution in [0.3, 0.4) is 0 Å². The maximum absolute atomic E-state index is 12.4. The van der Waals surface area contributed by atoms with E-state index in [0.29, 0.717) is 6.54 Å². The second kappa shape index (κ2) is 6.16. The number of rotatable bonds is 4. The molecule has 1 amide bonds. The van der Waals surface area contributed by atoms with Gasteiger partial charge in [-0.2, -0.15) is 0 Å². The Morgan fingerprint density at radius 2 is 2.05 bits per heavy atom. The highest BCUT2D eigenvalue weighted by atomic mass is 32.1. The fraction of sp³-hybridized carbons (Fsp3) is 0.250. The van der Waals surface area contributed by atoms with Gasteiger partial charge < -0.3 is 10.6 Å². The number of thiazole rings is 1.